The van der Waals surface area contributed by atoms with Gasteiger partial charge in [-0.15, -0.1) is 0 Å². The van der Waals surface area contributed by atoms with E-state index in [0.717, 1.165) is 5.56 Å². The molecule has 0 bridgehead atoms. The zero-order valence-electron chi connectivity index (χ0n) is 9.01. The third-order valence-electron chi connectivity index (χ3n) is 2.27. The molecule has 2 unspecified atom stereocenters. The number of nitro groups is 1. The molecule has 1 rings (SSSR count). The van der Waals surface area contributed by atoms with Crippen molar-refractivity contribution in [2.24, 2.45) is 0 Å². The summed E-state index contributed by atoms with van der Waals surface area (Å²) in [7, 11) is 1.42. The minimum absolute atomic E-state index is 0.364. The second kappa shape index (κ2) is 5.79. The second-order valence-corrected chi connectivity index (χ2v) is 3.82. The van der Waals surface area contributed by atoms with Crippen LogP contribution in [0.1, 0.15) is 18.5 Å². The van der Waals surface area contributed by atoms with Crippen LogP contribution in [0.3, 0.4) is 0 Å². The molecule has 0 aliphatic heterocycles. The van der Waals surface area contributed by atoms with Gasteiger partial charge >= 0.3 is 0 Å². The van der Waals surface area contributed by atoms with Crippen molar-refractivity contribution in [2.45, 2.75) is 19.0 Å². The first kappa shape index (κ1) is 12.9. The van der Waals surface area contributed by atoms with Crippen LogP contribution in [0, 0.1) is 10.1 Å². The molecule has 16 heavy (non-hydrogen) atoms. The van der Waals surface area contributed by atoms with Crippen LogP contribution in [-0.2, 0) is 4.84 Å². The molecule has 0 saturated carbocycles. The first-order valence-electron chi connectivity index (χ1n) is 4.73. The average Bonchev–Trinajstić information content (AvgIpc) is 2.24. The highest BCUT2D eigenvalue weighted by Gasteiger charge is 2.28. The molecule has 0 fully saturated rings. The van der Waals surface area contributed by atoms with Crippen molar-refractivity contribution in [3.05, 3.63) is 45.0 Å². The number of rotatable bonds is 5. The molecule has 1 N–H and O–H groups in total. The van der Waals surface area contributed by atoms with Crippen LogP contribution in [0.2, 0.25) is 5.02 Å². The average molecular weight is 245 g/mol. The number of halogens is 1. The number of hydroxylamine groups is 1. The Hall–Kier alpha value is -1.17. The Labute approximate surface area is 98.5 Å². The van der Waals surface area contributed by atoms with E-state index in [2.05, 4.69) is 5.48 Å². The molecule has 0 saturated heterocycles. The smallest absolute Gasteiger partial charge is 0.231 e. The van der Waals surface area contributed by atoms with Crippen LogP contribution >= 0.6 is 11.6 Å². The first-order chi connectivity index (χ1) is 7.56. The van der Waals surface area contributed by atoms with E-state index >= 15 is 0 Å². The summed E-state index contributed by atoms with van der Waals surface area (Å²) in [5.74, 6) is 0. The number of benzene rings is 1. The van der Waals surface area contributed by atoms with Gasteiger partial charge in [0.25, 0.3) is 0 Å². The van der Waals surface area contributed by atoms with E-state index in [1.807, 2.05) is 0 Å². The highest BCUT2D eigenvalue weighted by molar-refractivity contribution is 6.30. The minimum Gasteiger partial charge on any atom is -0.304 e. The standard InChI is InChI=1S/C10H13ClN2O3/c1-7(13(14)15)10(12-16-2)8-4-3-5-9(11)6-8/h3-7,10,12H,1-2H3. The highest BCUT2D eigenvalue weighted by atomic mass is 35.5. The van der Waals surface area contributed by atoms with Crippen molar-refractivity contribution in [1.82, 2.24) is 5.48 Å². The normalized spacial score (nSPS) is 14.4. The summed E-state index contributed by atoms with van der Waals surface area (Å²) in [5.41, 5.74) is 3.33. The monoisotopic (exact) mass is 244 g/mol. The fraction of sp³-hybridized carbons (Fsp3) is 0.400. The molecule has 0 spiro atoms. The fourth-order valence-corrected chi connectivity index (χ4v) is 1.59. The molecule has 0 heterocycles. The lowest BCUT2D eigenvalue weighted by Crippen LogP contribution is -2.34. The first-order valence-corrected chi connectivity index (χ1v) is 5.11. The van der Waals surface area contributed by atoms with E-state index in [-0.39, 0.29) is 4.92 Å². The van der Waals surface area contributed by atoms with Gasteiger partial charge in [-0.3, -0.25) is 10.1 Å². The van der Waals surface area contributed by atoms with E-state index in [9.17, 15) is 10.1 Å². The van der Waals surface area contributed by atoms with Crippen molar-refractivity contribution in [3.63, 3.8) is 0 Å². The van der Waals surface area contributed by atoms with Gasteiger partial charge in [0.2, 0.25) is 6.04 Å². The molecule has 0 aliphatic rings. The molecule has 88 valence electrons. The zero-order valence-corrected chi connectivity index (χ0v) is 9.77. The van der Waals surface area contributed by atoms with Crippen molar-refractivity contribution < 1.29 is 9.76 Å². The van der Waals surface area contributed by atoms with Gasteiger partial charge in [0.15, 0.2) is 0 Å². The zero-order chi connectivity index (χ0) is 12.1. The highest BCUT2D eigenvalue weighted by Crippen LogP contribution is 2.21. The van der Waals surface area contributed by atoms with Gasteiger partial charge in [-0.1, -0.05) is 23.7 Å². The molecule has 0 amide bonds. The van der Waals surface area contributed by atoms with Gasteiger partial charge in [-0.2, -0.15) is 5.48 Å². The van der Waals surface area contributed by atoms with Crippen LogP contribution in [0.25, 0.3) is 0 Å². The predicted molar refractivity (Wildman–Crippen MR) is 60.8 cm³/mol. The van der Waals surface area contributed by atoms with E-state index in [0.29, 0.717) is 5.02 Å². The summed E-state index contributed by atoms with van der Waals surface area (Å²) in [4.78, 5) is 15.2. The number of nitrogens with one attached hydrogen (secondary N) is 1. The lowest BCUT2D eigenvalue weighted by Gasteiger charge is -2.18. The molecule has 6 heteroatoms. The Bertz CT molecular complexity index is 373. The van der Waals surface area contributed by atoms with Crippen LogP contribution in [0.4, 0.5) is 0 Å². The van der Waals surface area contributed by atoms with Gasteiger partial charge in [-0.25, -0.2) is 0 Å². The molecule has 0 radical (unpaired) electrons. The van der Waals surface area contributed by atoms with Gasteiger partial charge in [-0.05, 0) is 17.7 Å². The van der Waals surface area contributed by atoms with Crippen molar-refractivity contribution in [1.29, 1.82) is 0 Å². The van der Waals surface area contributed by atoms with E-state index < -0.39 is 12.1 Å². The summed E-state index contributed by atoms with van der Waals surface area (Å²) in [6, 6.07) is 5.57. The van der Waals surface area contributed by atoms with E-state index in [4.69, 9.17) is 16.4 Å². The Morgan fingerprint density at radius 1 is 1.56 bits per heavy atom. The molecular formula is C10H13ClN2O3. The lowest BCUT2D eigenvalue weighted by atomic mass is 10.0. The molecule has 0 aliphatic carbocycles. The Kier molecular flexibility index (Phi) is 4.67. The molecule has 5 nitrogen and oxygen atoms in total. The molecule has 0 aromatic heterocycles. The fourth-order valence-electron chi connectivity index (χ4n) is 1.39. The lowest BCUT2D eigenvalue weighted by molar-refractivity contribution is -0.525. The van der Waals surface area contributed by atoms with Gasteiger partial charge < -0.3 is 4.84 Å². The Morgan fingerprint density at radius 2 is 2.25 bits per heavy atom. The molecule has 1 aromatic rings. The third kappa shape index (κ3) is 3.16. The third-order valence-corrected chi connectivity index (χ3v) is 2.50. The van der Waals surface area contributed by atoms with Crippen molar-refractivity contribution in [2.75, 3.05) is 7.11 Å². The topological polar surface area (TPSA) is 64.4 Å². The number of nitrogens with zero attached hydrogens (tertiary/aromatic N) is 1. The Balaban J connectivity index is 2.97. The van der Waals surface area contributed by atoms with E-state index in [1.54, 1.807) is 24.3 Å². The quantitative estimate of drug-likeness (QED) is 0.637. The number of hydrogen-bond donors (Lipinski definition) is 1. The summed E-state index contributed by atoms with van der Waals surface area (Å²) < 4.78 is 0. The maximum atomic E-state index is 10.8. The predicted octanol–water partition coefficient (Wildman–Crippen LogP) is 2.20. The maximum Gasteiger partial charge on any atom is 0.231 e. The van der Waals surface area contributed by atoms with Crippen LogP contribution in [-0.4, -0.2) is 18.1 Å². The summed E-state index contributed by atoms with van der Waals surface area (Å²) in [5, 5.41) is 11.3. The van der Waals surface area contributed by atoms with Crippen molar-refractivity contribution in [3.8, 4) is 0 Å². The largest absolute Gasteiger partial charge is 0.304 e. The molecular weight excluding hydrogens is 232 g/mol. The minimum atomic E-state index is -0.807. The summed E-state index contributed by atoms with van der Waals surface area (Å²) in [6.45, 7) is 1.51. The maximum absolute atomic E-state index is 10.8. The second-order valence-electron chi connectivity index (χ2n) is 3.38. The van der Waals surface area contributed by atoms with Gasteiger partial charge in [0.1, 0.15) is 6.04 Å². The molecule has 1 aromatic carbocycles. The summed E-state index contributed by atoms with van der Waals surface area (Å²) >= 11 is 5.83. The van der Waals surface area contributed by atoms with Crippen molar-refractivity contribution >= 4 is 11.6 Å². The Morgan fingerprint density at radius 3 is 2.75 bits per heavy atom. The van der Waals surface area contributed by atoms with Crippen LogP contribution in [0.15, 0.2) is 24.3 Å². The molecule has 2 atom stereocenters. The van der Waals surface area contributed by atoms with Gasteiger partial charge in [0.05, 0.1) is 7.11 Å². The van der Waals surface area contributed by atoms with Crippen LogP contribution in [0.5, 0.6) is 0 Å². The van der Waals surface area contributed by atoms with E-state index in [1.165, 1.54) is 14.0 Å². The SMILES string of the molecule is CONC(c1cccc(Cl)c1)C(C)[N+](=O)[O-]. The summed E-state index contributed by atoms with van der Waals surface area (Å²) in [6.07, 6.45) is 0. The van der Waals surface area contributed by atoms with Crippen LogP contribution < -0.4 is 5.48 Å². The van der Waals surface area contributed by atoms with Gasteiger partial charge in [0, 0.05) is 16.9 Å². The number of hydrogen-bond acceptors (Lipinski definition) is 4.